The third-order valence-corrected chi connectivity index (χ3v) is 2.39. The quantitative estimate of drug-likeness (QED) is 0.899. The molecule has 2 rings (SSSR count). The average molecular weight is 271 g/mol. The largest absolute Gasteiger partial charge is 0.332 e. The van der Waals surface area contributed by atoms with Crippen LogP contribution >= 0.6 is 28.3 Å². The van der Waals surface area contributed by atoms with Crippen molar-refractivity contribution in [3.63, 3.8) is 0 Å². The zero-order valence-electron chi connectivity index (χ0n) is 7.73. The van der Waals surface area contributed by atoms with E-state index in [1.54, 1.807) is 17.5 Å². The molecule has 74 valence electrons. The topological polar surface area (TPSA) is 24.9 Å². The molecule has 0 fully saturated rings. The molecule has 2 nitrogen and oxygen atoms in total. The van der Waals surface area contributed by atoms with Crippen LogP contribution in [0, 0.1) is 6.92 Å². The number of benzene rings is 1. The van der Waals surface area contributed by atoms with Crippen LogP contribution in [0.4, 0.5) is 10.8 Å². The van der Waals surface area contributed by atoms with Gasteiger partial charge in [-0.3, -0.25) is 0 Å². The summed E-state index contributed by atoms with van der Waals surface area (Å²) in [6.07, 6.45) is 1.79. The van der Waals surface area contributed by atoms with E-state index in [9.17, 15) is 0 Å². The zero-order valence-corrected chi connectivity index (χ0v) is 10.3. The number of aromatic nitrogens is 1. The van der Waals surface area contributed by atoms with E-state index in [-0.39, 0.29) is 17.0 Å². The summed E-state index contributed by atoms with van der Waals surface area (Å²) >= 11 is 1.60. The number of hydrogen-bond acceptors (Lipinski definition) is 3. The molecule has 0 unspecified atom stereocenters. The fraction of sp³-hybridized carbons (Fsp3) is 0.100. The minimum Gasteiger partial charge on any atom is -0.332 e. The number of nitrogens with zero attached hydrogens (tertiary/aromatic N) is 1. The smallest absolute Gasteiger partial charge is 0.187 e. The molecule has 0 amide bonds. The normalized spacial score (nSPS) is 9.21. The van der Waals surface area contributed by atoms with Gasteiger partial charge in [0.1, 0.15) is 0 Å². The standard InChI is InChI=1S/C10H10N2S.BrH/c1-8-3-2-4-9(7-8)12-10-11-5-6-13-10;/h2-7H,1H3,(H,11,12);1H. The predicted octanol–water partition coefficient (Wildman–Crippen LogP) is 3.77. The maximum absolute atomic E-state index is 4.15. The van der Waals surface area contributed by atoms with Crippen molar-refractivity contribution in [1.82, 2.24) is 4.98 Å². The molecule has 1 heterocycles. The van der Waals surface area contributed by atoms with E-state index >= 15 is 0 Å². The molecule has 4 heteroatoms. The molecule has 0 aliphatic rings. The Morgan fingerprint density at radius 3 is 2.86 bits per heavy atom. The monoisotopic (exact) mass is 270 g/mol. The molecular formula is C10H11BrN2S. The second-order valence-electron chi connectivity index (χ2n) is 2.83. The van der Waals surface area contributed by atoms with Gasteiger partial charge in [0.05, 0.1) is 0 Å². The van der Waals surface area contributed by atoms with E-state index in [4.69, 9.17) is 0 Å². The first-order valence-electron chi connectivity index (χ1n) is 4.08. The third kappa shape index (κ3) is 2.82. The Labute approximate surface area is 97.8 Å². The highest BCUT2D eigenvalue weighted by Crippen LogP contribution is 2.18. The maximum atomic E-state index is 4.15. The summed E-state index contributed by atoms with van der Waals surface area (Å²) in [5, 5.41) is 6.12. The molecule has 2 aromatic rings. The van der Waals surface area contributed by atoms with Crippen LogP contribution < -0.4 is 5.32 Å². The van der Waals surface area contributed by atoms with E-state index in [1.807, 2.05) is 17.5 Å². The van der Waals surface area contributed by atoms with Gasteiger partial charge >= 0.3 is 0 Å². The molecule has 0 saturated heterocycles. The summed E-state index contributed by atoms with van der Waals surface area (Å²) < 4.78 is 0. The van der Waals surface area contributed by atoms with Gasteiger partial charge in [-0.2, -0.15) is 0 Å². The van der Waals surface area contributed by atoms with Crippen LogP contribution in [0.5, 0.6) is 0 Å². The summed E-state index contributed by atoms with van der Waals surface area (Å²) in [6, 6.07) is 8.24. The Hall–Kier alpha value is -0.870. The molecule has 0 aliphatic heterocycles. The van der Waals surface area contributed by atoms with Crippen molar-refractivity contribution < 1.29 is 0 Å². The Kier molecular flexibility index (Phi) is 4.10. The van der Waals surface area contributed by atoms with Gasteiger partial charge in [0.25, 0.3) is 0 Å². The van der Waals surface area contributed by atoms with Gasteiger partial charge in [-0.15, -0.1) is 28.3 Å². The highest BCUT2D eigenvalue weighted by molar-refractivity contribution is 8.93. The molecule has 14 heavy (non-hydrogen) atoms. The molecule has 0 atom stereocenters. The average Bonchev–Trinajstić information content (AvgIpc) is 2.57. The molecule has 0 bridgehead atoms. The van der Waals surface area contributed by atoms with Crippen LogP contribution in [0.15, 0.2) is 35.8 Å². The maximum Gasteiger partial charge on any atom is 0.187 e. The number of nitrogens with one attached hydrogen (secondary N) is 1. The fourth-order valence-corrected chi connectivity index (χ4v) is 1.68. The highest BCUT2D eigenvalue weighted by atomic mass is 79.9. The minimum atomic E-state index is 0. The second-order valence-corrected chi connectivity index (χ2v) is 3.73. The molecule has 1 aromatic carbocycles. The van der Waals surface area contributed by atoms with Crippen molar-refractivity contribution in [2.75, 3.05) is 5.32 Å². The first-order valence-corrected chi connectivity index (χ1v) is 4.96. The molecule has 1 N–H and O–H groups in total. The van der Waals surface area contributed by atoms with Gasteiger partial charge in [-0.25, -0.2) is 4.98 Å². The van der Waals surface area contributed by atoms with Gasteiger partial charge < -0.3 is 5.32 Å². The number of hydrogen-bond donors (Lipinski definition) is 1. The summed E-state index contributed by atoms with van der Waals surface area (Å²) in [7, 11) is 0. The van der Waals surface area contributed by atoms with E-state index in [1.165, 1.54) is 5.56 Å². The minimum absolute atomic E-state index is 0. The Balaban J connectivity index is 0.000000980. The van der Waals surface area contributed by atoms with Crippen LogP contribution in [0.25, 0.3) is 0 Å². The number of rotatable bonds is 2. The van der Waals surface area contributed by atoms with Crippen LogP contribution in [-0.2, 0) is 0 Å². The van der Waals surface area contributed by atoms with Crippen LogP contribution in [0.3, 0.4) is 0 Å². The van der Waals surface area contributed by atoms with Crippen molar-refractivity contribution in [2.24, 2.45) is 0 Å². The van der Waals surface area contributed by atoms with Crippen molar-refractivity contribution in [3.05, 3.63) is 41.4 Å². The first-order chi connectivity index (χ1) is 6.34. The number of thiazole rings is 1. The Bertz CT molecular complexity index is 387. The molecule has 0 saturated carbocycles. The SMILES string of the molecule is Br.Cc1cccc(Nc2nccs2)c1. The van der Waals surface area contributed by atoms with Gasteiger partial charge in [0.15, 0.2) is 5.13 Å². The van der Waals surface area contributed by atoms with E-state index in [2.05, 4.69) is 29.4 Å². The lowest BCUT2D eigenvalue weighted by Gasteiger charge is -2.02. The van der Waals surface area contributed by atoms with Crippen LogP contribution in [0.1, 0.15) is 5.56 Å². The van der Waals surface area contributed by atoms with E-state index in [0.717, 1.165) is 10.8 Å². The van der Waals surface area contributed by atoms with E-state index in [0.29, 0.717) is 0 Å². The van der Waals surface area contributed by atoms with Gasteiger partial charge in [0.2, 0.25) is 0 Å². The number of aryl methyl sites for hydroxylation is 1. The van der Waals surface area contributed by atoms with Crippen molar-refractivity contribution in [1.29, 1.82) is 0 Å². The van der Waals surface area contributed by atoms with Crippen molar-refractivity contribution in [3.8, 4) is 0 Å². The lowest BCUT2D eigenvalue weighted by Crippen LogP contribution is -1.88. The highest BCUT2D eigenvalue weighted by Gasteiger charge is 1.95. The summed E-state index contributed by atoms with van der Waals surface area (Å²) in [4.78, 5) is 4.15. The Morgan fingerprint density at radius 1 is 1.36 bits per heavy atom. The molecular weight excluding hydrogens is 260 g/mol. The predicted molar refractivity (Wildman–Crippen MR) is 66.9 cm³/mol. The summed E-state index contributed by atoms with van der Waals surface area (Å²) in [6.45, 7) is 2.08. The van der Waals surface area contributed by atoms with Crippen LogP contribution in [-0.4, -0.2) is 4.98 Å². The molecule has 0 radical (unpaired) electrons. The van der Waals surface area contributed by atoms with Crippen molar-refractivity contribution in [2.45, 2.75) is 6.92 Å². The van der Waals surface area contributed by atoms with Crippen LogP contribution in [0.2, 0.25) is 0 Å². The molecule has 0 spiro atoms. The molecule has 0 aliphatic carbocycles. The Morgan fingerprint density at radius 2 is 2.21 bits per heavy atom. The number of halogens is 1. The second kappa shape index (κ2) is 5.12. The van der Waals surface area contributed by atoms with Gasteiger partial charge in [-0.1, -0.05) is 12.1 Å². The zero-order chi connectivity index (χ0) is 9.10. The third-order valence-electron chi connectivity index (χ3n) is 1.70. The van der Waals surface area contributed by atoms with Gasteiger partial charge in [0, 0.05) is 17.3 Å². The lowest BCUT2D eigenvalue weighted by molar-refractivity contribution is 1.38. The fourth-order valence-electron chi connectivity index (χ4n) is 1.13. The molecule has 1 aromatic heterocycles. The first kappa shape index (κ1) is 11.2. The van der Waals surface area contributed by atoms with E-state index < -0.39 is 0 Å². The number of anilines is 2. The lowest BCUT2D eigenvalue weighted by atomic mass is 10.2. The summed E-state index contributed by atoms with van der Waals surface area (Å²) in [5.41, 5.74) is 2.34. The van der Waals surface area contributed by atoms with Gasteiger partial charge in [-0.05, 0) is 24.6 Å². The van der Waals surface area contributed by atoms with Crippen molar-refractivity contribution >= 4 is 39.1 Å². The summed E-state index contributed by atoms with van der Waals surface area (Å²) in [5.74, 6) is 0.